The molecule has 0 radical (unpaired) electrons. The van der Waals surface area contributed by atoms with Crippen molar-refractivity contribution in [2.24, 2.45) is 4.99 Å². The summed E-state index contributed by atoms with van der Waals surface area (Å²) in [5.74, 6) is 0. The van der Waals surface area contributed by atoms with Crippen LogP contribution in [0.4, 0.5) is 0 Å². The summed E-state index contributed by atoms with van der Waals surface area (Å²) in [5, 5.41) is 0. The van der Waals surface area contributed by atoms with E-state index in [0.717, 1.165) is 6.54 Å². The van der Waals surface area contributed by atoms with E-state index >= 15 is 0 Å². The molecule has 1 aliphatic heterocycles. The van der Waals surface area contributed by atoms with Crippen LogP contribution in [0.3, 0.4) is 0 Å². The molecule has 0 aliphatic carbocycles. The van der Waals surface area contributed by atoms with Gasteiger partial charge in [0, 0.05) is 0 Å². The van der Waals surface area contributed by atoms with Gasteiger partial charge in [-0.1, -0.05) is 13.3 Å². The normalized spacial score (nSPS) is 25.4. The number of nitrogens with zero attached hydrogens (tertiary/aromatic N) is 2. The summed E-state index contributed by atoms with van der Waals surface area (Å²) in [4.78, 5) is 4.06. The molecule has 12 heavy (non-hydrogen) atoms. The predicted octanol–water partition coefficient (Wildman–Crippen LogP) is -0.736. The predicted molar refractivity (Wildman–Crippen MR) is 47.9 cm³/mol. The standard InChI is InChI=1S/C9H15N2.BrH/c1-3-5-7-11(4-2)8-6-10-9-11;/h4,6,8-9H,2-3,5,7H2,1H3;1H/q+1;/p-1. The van der Waals surface area contributed by atoms with Crippen LogP contribution in [0.15, 0.2) is 30.2 Å². The molecule has 0 fully saturated rings. The SMILES string of the molecule is C=C[N+]1(CCCC)C=CN=C1.[Br-]. The summed E-state index contributed by atoms with van der Waals surface area (Å²) < 4.78 is 0.716. The summed E-state index contributed by atoms with van der Waals surface area (Å²) in [6.45, 7) is 7.07. The van der Waals surface area contributed by atoms with Crippen molar-refractivity contribution in [3.63, 3.8) is 0 Å². The number of rotatable bonds is 4. The molecule has 0 N–H and O–H groups in total. The number of hydrogen-bond acceptors (Lipinski definition) is 1. The largest absolute Gasteiger partial charge is 1.00 e. The molecule has 1 heterocycles. The van der Waals surface area contributed by atoms with Crippen LogP contribution in [0.25, 0.3) is 0 Å². The highest BCUT2D eigenvalue weighted by Gasteiger charge is 2.20. The Kier molecular flexibility index (Phi) is 5.09. The van der Waals surface area contributed by atoms with Gasteiger partial charge in [0.2, 0.25) is 0 Å². The average Bonchev–Trinajstić information content (AvgIpc) is 2.50. The van der Waals surface area contributed by atoms with Crippen molar-refractivity contribution in [1.29, 1.82) is 0 Å². The van der Waals surface area contributed by atoms with Crippen molar-refractivity contribution in [3.8, 4) is 0 Å². The zero-order valence-electron chi connectivity index (χ0n) is 7.41. The van der Waals surface area contributed by atoms with Gasteiger partial charge in [-0.05, 0) is 13.0 Å². The van der Waals surface area contributed by atoms with E-state index < -0.39 is 0 Å². The highest BCUT2D eigenvalue weighted by Crippen LogP contribution is 2.12. The summed E-state index contributed by atoms with van der Waals surface area (Å²) in [6, 6.07) is 0. The molecule has 68 valence electrons. The van der Waals surface area contributed by atoms with Gasteiger partial charge in [-0.3, -0.25) is 0 Å². The molecule has 0 aromatic rings. The second-order valence-electron chi connectivity index (χ2n) is 2.82. The van der Waals surface area contributed by atoms with E-state index in [1.54, 1.807) is 0 Å². The minimum atomic E-state index is 0. The Morgan fingerprint density at radius 2 is 2.33 bits per heavy atom. The third-order valence-electron chi connectivity index (χ3n) is 1.95. The van der Waals surface area contributed by atoms with E-state index in [4.69, 9.17) is 0 Å². The number of halogens is 1. The van der Waals surface area contributed by atoms with Crippen molar-refractivity contribution >= 4 is 6.34 Å². The Balaban J connectivity index is 0.00000121. The first-order valence-corrected chi connectivity index (χ1v) is 4.06. The minimum Gasteiger partial charge on any atom is -1.00 e. The van der Waals surface area contributed by atoms with Gasteiger partial charge in [0.1, 0.15) is 6.20 Å². The van der Waals surface area contributed by atoms with E-state index in [0.29, 0.717) is 4.48 Å². The molecule has 0 aromatic carbocycles. The lowest BCUT2D eigenvalue weighted by Crippen LogP contribution is -3.00. The zero-order valence-corrected chi connectivity index (χ0v) is 9.00. The Labute approximate surface area is 84.7 Å². The molecular weight excluding hydrogens is 216 g/mol. The molecule has 0 bridgehead atoms. The van der Waals surface area contributed by atoms with Crippen LogP contribution in [-0.4, -0.2) is 17.4 Å². The fraction of sp³-hybridized carbons (Fsp3) is 0.444. The van der Waals surface area contributed by atoms with Gasteiger partial charge in [-0.25, -0.2) is 9.48 Å². The van der Waals surface area contributed by atoms with Crippen molar-refractivity contribution in [2.75, 3.05) is 6.54 Å². The summed E-state index contributed by atoms with van der Waals surface area (Å²) in [7, 11) is 0. The Morgan fingerprint density at radius 1 is 1.58 bits per heavy atom. The van der Waals surface area contributed by atoms with Crippen LogP contribution in [0.2, 0.25) is 0 Å². The van der Waals surface area contributed by atoms with Crippen molar-refractivity contribution in [2.45, 2.75) is 19.8 Å². The molecule has 1 unspecified atom stereocenters. The average molecular weight is 231 g/mol. The Morgan fingerprint density at radius 3 is 2.75 bits per heavy atom. The van der Waals surface area contributed by atoms with E-state index in [-0.39, 0.29) is 17.0 Å². The van der Waals surface area contributed by atoms with Crippen LogP contribution >= 0.6 is 0 Å². The van der Waals surface area contributed by atoms with Crippen LogP contribution in [0.5, 0.6) is 0 Å². The second kappa shape index (κ2) is 5.27. The number of aliphatic imine (C=N–C) groups is 1. The van der Waals surface area contributed by atoms with Crippen LogP contribution < -0.4 is 17.0 Å². The van der Waals surface area contributed by atoms with Crippen molar-refractivity contribution in [1.82, 2.24) is 0 Å². The molecule has 0 spiro atoms. The van der Waals surface area contributed by atoms with Crippen LogP contribution in [0.1, 0.15) is 19.8 Å². The summed E-state index contributed by atoms with van der Waals surface area (Å²) in [5.41, 5.74) is 0. The zero-order chi connectivity index (χ0) is 8.16. The van der Waals surface area contributed by atoms with Gasteiger partial charge >= 0.3 is 0 Å². The maximum Gasteiger partial charge on any atom is 0.199 e. The molecule has 0 aromatic heterocycles. The quantitative estimate of drug-likeness (QED) is 0.565. The number of unbranched alkanes of at least 4 members (excludes halogenated alkanes) is 1. The molecule has 0 amide bonds. The van der Waals surface area contributed by atoms with Crippen molar-refractivity contribution < 1.29 is 21.5 Å². The molecule has 0 saturated carbocycles. The van der Waals surface area contributed by atoms with E-state index in [2.05, 4.69) is 24.7 Å². The van der Waals surface area contributed by atoms with Gasteiger partial charge in [0.25, 0.3) is 0 Å². The van der Waals surface area contributed by atoms with Gasteiger partial charge in [-0.2, -0.15) is 0 Å². The third-order valence-corrected chi connectivity index (χ3v) is 1.95. The lowest BCUT2D eigenvalue weighted by atomic mass is 10.3. The van der Waals surface area contributed by atoms with Gasteiger partial charge in [0.15, 0.2) is 6.34 Å². The van der Waals surface area contributed by atoms with Crippen LogP contribution in [0, 0.1) is 0 Å². The molecule has 2 nitrogen and oxygen atoms in total. The van der Waals surface area contributed by atoms with Crippen LogP contribution in [-0.2, 0) is 0 Å². The fourth-order valence-electron chi connectivity index (χ4n) is 1.13. The molecule has 0 saturated heterocycles. The van der Waals surface area contributed by atoms with E-state index in [1.165, 1.54) is 12.8 Å². The summed E-state index contributed by atoms with van der Waals surface area (Å²) in [6.07, 6.45) is 10.2. The maximum absolute atomic E-state index is 4.06. The smallest absolute Gasteiger partial charge is 0.199 e. The van der Waals surface area contributed by atoms with Gasteiger partial charge < -0.3 is 17.0 Å². The number of quaternary nitrogens is 1. The Bertz CT molecular complexity index is 185. The first-order valence-electron chi connectivity index (χ1n) is 4.06. The molecule has 1 aliphatic rings. The molecule has 1 rings (SSSR count). The monoisotopic (exact) mass is 230 g/mol. The van der Waals surface area contributed by atoms with Crippen molar-refractivity contribution in [3.05, 3.63) is 25.2 Å². The lowest BCUT2D eigenvalue weighted by Gasteiger charge is -2.21. The highest BCUT2D eigenvalue weighted by atomic mass is 79.9. The van der Waals surface area contributed by atoms with E-state index in [1.807, 2.05) is 18.7 Å². The maximum atomic E-state index is 4.06. The lowest BCUT2D eigenvalue weighted by molar-refractivity contribution is -0.721. The minimum absolute atomic E-state index is 0. The second-order valence-corrected chi connectivity index (χ2v) is 2.82. The fourth-order valence-corrected chi connectivity index (χ4v) is 1.13. The summed E-state index contributed by atoms with van der Waals surface area (Å²) >= 11 is 0. The first-order chi connectivity index (χ1) is 5.33. The topological polar surface area (TPSA) is 12.4 Å². The van der Waals surface area contributed by atoms with E-state index in [9.17, 15) is 0 Å². The molecule has 3 heteroatoms. The molecular formula is C9H15BrN2. The highest BCUT2D eigenvalue weighted by molar-refractivity contribution is 5.51. The third kappa shape index (κ3) is 2.57. The van der Waals surface area contributed by atoms with Gasteiger partial charge in [-0.15, -0.1) is 0 Å². The first kappa shape index (κ1) is 11.6. The Hall–Kier alpha value is -0.410. The van der Waals surface area contributed by atoms with Gasteiger partial charge in [0.05, 0.1) is 18.9 Å². The molecule has 1 atom stereocenters. The number of hydrogen-bond donors (Lipinski definition) is 0.